The van der Waals surface area contributed by atoms with Crippen molar-refractivity contribution < 1.29 is 9.53 Å². The van der Waals surface area contributed by atoms with Gasteiger partial charge in [-0.2, -0.15) is 0 Å². The van der Waals surface area contributed by atoms with Gasteiger partial charge >= 0.3 is 6.03 Å². The summed E-state index contributed by atoms with van der Waals surface area (Å²) in [7, 11) is 0. The van der Waals surface area contributed by atoms with Gasteiger partial charge in [0.05, 0.1) is 0 Å². The third-order valence-corrected chi connectivity index (χ3v) is 4.34. The number of hydrogen-bond donors (Lipinski definition) is 2. The average molecular weight is 380 g/mol. The molecule has 0 aromatic heterocycles. The van der Waals surface area contributed by atoms with Crippen molar-refractivity contribution in [2.75, 3.05) is 10.6 Å². The highest BCUT2D eigenvalue weighted by molar-refractivity contribution is 5.99. The van der Waals surface area contributed by atoms with Crippen LogP contribution in [0.1, 0.15) is 0 Å². The maximum atomic E-state index is 12.3. The largest absolute Gasteiger partial charge is 0.457 e. The normalized spacial score (nSPS) is 10.2. The standard InChI is InChI=1S/C25H20N2O2/c28-25(26-21-13-11-20(12-14-21)19-7-3-1-4-8-19)27-22-15-17-24(18-16-22)29-23-9-5-2-6-10-23/h1-18H,(H2,26,27,28). The number of anilines is 2. The van der Waals surface area contributed by atoms with E-state index in [2.05, 4.69) is 22.8 Å². The molecule has 0 aliphatic rings. The van der Waals surface area contributed by atoms with Gasteiger partial charge in [0, 0.05) is 11.4 Å². The third kappa shape index (κ3) is 5.02. The first kappa shape index (κ1) is 18.3. The van der Waals surface area contributed by atoms with Crippen LogP contribution in [0.25, 0.3) is 11.1 Å². The topological polar surface area (TPSA) is 50.4 Å². The van der Waals surface area contributed by atoms with Crippen molar-refractivity contribution in [2.45, 2.75) is 0 Å². The molecule has 0 aliphatic carbocycles. The molecular weight excluding hydrogens is 360 g/mol. The second-order valence-electron chi connectivity index (χ2n) is 6.46. The highest BCUT2D eigenvalue weighted by atomic mass is 16.5. The van der Waals surface area contributed by atoms with Crippen molar-refractivity contribution in [1.82, 2.24) is 0 Å². The van der Waals surface area contributed by atoms with Crippen LogP contribution in [-0.2, 0) is 0 Å². The lowest BCUT2D eigenvalue weighted by Crippen LogP contribution is -2.19. The molecule has 0 heterocycles. The molecule has 0 saturated carbocycles. The van der Waals surface area contributed by atoms with E-state index in [4.69, 9.17) is 4.74 Å². The van der Waals surface area contributed by atoms with Crippen LogP contribution in [0.4, 0.5) is 16.2 Å². The van der Waals surface area contributed by atoms with Gasteiger partial charge in [-0.25, -0.2) is 4.79 Å². The maximum Gasteiger partial charge on any atom is 0.323 e. The zero-order chi connectivity index (χ0) is 19.9. The fourth-order valence-electron chi connectivity index (χ4n) is 2.90. The van der Waals surface area contributed by atoms with Crippen molar-refractivity contribution in [3.8, 4) is 22.6 Å². The van der Waals surface area contributed by atoms with Gasteiger partial charge in [0.2, 0.25) is 0 Å². The minimum atomic E-state index is -0.297. The van der Waals surface area contributed by atoms with Gasteiger partial charge in [-0.3, -0.25) is 0 Å². The van der Waals surface area contributed by atoms with Crippen LogP contribution >= 0.6 is 0 Å². The van der Waals surface area contributed by atoms with Crippen LogP contribution in [0.2, 0.25) is 0 Å². The highest BCUT2D eigenvalue weighted by Gasteiger charge is 2.04. The van der Waals surface area contributed by atoms with E-state index in [-0.39, 0.29) is 6.03 Å². The van der Waals surface area contributed by atoms with Crippen LogP contribution in [0, 0.1) is 0 Å². The third-order valence-electron chi connectivity index (χ3n) is 4.34. The average Bonchev–Trinajstić information content (AvgIpc) is 2.77. The molecule has 4 heteroatoms. The predicted octanol–water partition coefficient (Wildman–Crippen LogP) is 6.79. The number of urea groups is 1. The first-order valence-electron chi connectivity index (χ1n) is 9.33. The van der Waals surface area contributed by atoms with E-state index in [0.717, 1.165) is 22.6 Å². The molecule has 0 spiro atoms. The first-order valence-corrected chi connectivity index (χ1v) is 9.33. The number of para-hydroxylation sites is 1. The van der Waals surface area contributed by atoms with Crippen LogP contribution in [-0.4, -0.2) is 6.03 Å². The van der Waals surface area contributed by atoms with Gasteiger partial charge in [-0.15, -0.1) is 0 Å². The number of ether oxygens (including phenoxy) is 1. The number of rotatable bonds is 5. The van der Waals surface area contributed by atoms with E-state index in [1.54, 1.807) is 12.1 Å². The van der Waals surface area contributed by atoms with E-state index >= 15 is 0 Å². The summed E-state index contributed by atoms with van der Waals surface area (Å²) in [6.07, 6.45) is 0. The summed E-state index contributed by atoms with van der Waals surface area (Å²) in [5, 5.41) is 5.66. The lowest BCUT2D eigenvalue weighted by molar-refractivity contribution is 0.262. The number of nitrogens with one attached hydrogen (secondary N) is 2. The molecular formula is C25H20N2O2. The van der Waals surface area contributed by atoms with E-state index in [0.29, 0.717) is 11.4 Å². The molecule has 29 heavy (non-hydrogen) atoms. The van der Waals surface area contributed by atoms with Crippen LogP contribution in [0.15, 0.2) is 109 Å². The van der Waals surface area contributed by atoms with Crippen molar-refractivity contribution >= 4 is 17.4 Å². The van der Waals surface area contributed by atoms with Gasteiger partial charge in [0.25, 0.3) is 0 Å². The fourth-order valence-corrected chi connectivity index (χ4v) is 2.90. The minimum absolute atomic E-state index is 0.297. The van der Waals surface area contributed by atoms with E-state index in [1.807, 2.05) is 84.9 Å². The molecule has 0 atom stereocenters. The Hall–Kier alpha value is -4.05. The van der Waals surface area contributed by atoms with Gasteiger partial charge in [-0.05, 0) is 59.7 Å². The van der Waals surface area contributed by atoms with Crippen LogP contribution in [0.3, 0.4) is 0 Å². The molecule has 4 rings (SSSR count). The Morgan fingerprint density at radius 1 is 0.517 bits per heavy atom. The summed E-state index contributed by atoms with van der Waals surface area (Å²) in [6, 6.07) is 34.4. The SMILES string of the molecule is O=C(Nc1ccc(Oc2ccccc2)cc1)Nc1ccc(-c2ccccc2)cc1. The van der Waals surface area contributed by atoms with E-state index in [9.17, 15) is 4.79 Å². The Balaban J connectivity index is 1.33. The number of carbonyl (C=O) groups is 1. The first-order chi connectivity index (χ1) is 14.3. The Bertz CT molecular complexity index is 1060. The molecule has 4 aromatic rings. The van der Waals surface area contributed by atoms with Crippen LogP contribution < -0.4 is 15.4 Å². The Morgan fingerprint density at radius 2 is 0.966 bits per heavy atom. The van der Waals surface area contributed by atoms with Gasteiger partial charge in [0.15, 0.2) is 0 Å². The fraction of sp³-hybridized carbons (Fsp3) is 0. The van der Waals surface area contributed by atoms with Crippen molar-refractivity contribution in [3.05, 3.63) is 109 Å². The summed E-state index contributed by atoms with van der Waals surface area (Å²) < 4.78 is 5.75. The Morgan fingerprint density at radius 3 is 1.55 bits per heavy atom. The summed E-state index contributed by atoms with van der Waals surface area (Å²) in [6.45, 7) is 0. The van der Waals surface area contributed by atoms with Gasteiger partial charge < -0.3 is 15.4 Å². The smallest absolute Gasteiger partial charge is 0.323 e. The molecule has 0 unspecified atom stereocenters. The highest BCUT2D eigenvalue weighted by Crippen LogP contribution is 2.23. The Labute approximate surface area is 169 Å². The summed E-state index contributed by atoms with van der Waals surface area (Å²) >= 11 is 0. The Kier molecular flexibility index (Phi) is 5.53. The predicted molar refractivity (Wildman–Crippen MR) is 117 cm³/mol. The molecule has 2 N–H and O–H groups in total. The number of carbonyl (C=O) groups excluding carboxylic acids is 1. The molecule has 4 nitrogen and oxygen atoms in total. The van der Waals surface area contributed by atoms with Crippen molar-refractivity contribution in [3.63, 3.8) is 0 Å². The molecule has 0 bridgehead atoms. The number of hydrogen-bond acceptors (Lipinski definition) is 2. The van der Waals surface area contributed by atoms with Crippen molar-refractivity contribution in [1.29, 1.82) is 0 Å². The molecule has 0 saturated heterocycles. The zero-order valence-electron chi connectivity index (χ0n) is 15.7. The summed E-state index contributed by atoms with van der Waals surface area (Å²) in [4.78, 5) is 12.3. The monoisotopic (exact) mass is 380 g/mol. The quantitative estimate of drug-likeness (QED) is 0.400. The second kappa shape index (κ2) is 8.76. The molecule has 0 radical (unpaired) electrons. The van der Waals surface area contributed by atoms with Crippen LogP contribution in [0.5, 0.6) is 11.5 Å². The summed E-state index contributed by atoms with van der Waals surface area (Å²) in [5.41, 5.74) is 3.65. The molecule has 2 amide bonds. The number of amides is 2. The number of benzene rings is 4. The summed E-state index contributed by atoms with van der Waals surface area (Å²) in [5.74, 6) is 1.48. The second-order valence-corrected chi connectivity index (χ2v) is 6.46. The molecule has 142 valence electrons. The molecule has 4 aromatic carbocycles. The lowest BCUT2D eigenvalue weighted by atomic mass is 10.1. The lowest BCUT2D eigenvalue weighted by Gasteiger charge is -2.10. The minimum Gasteiger partial charge on any atom is -0.457 e. The zero-order valence-corrected chi connectivity index (χ0v) is 15.7. The van der Waals surface area contributed by atoms with E-state index in [1.165, 1.54) is 0 Å². The van der Waals surface area contributed by atoms with Gasteiger partial charge in [-0.1, -0.05) is 60.7 Å². The van der Waals surface area contributed by atoms with Crippen molar-refractivity contribution in [2.24, 2.45) is 0 Å². The maximum absolute atomic E-state index is 12.3. The van der Waals surface area contributed by atoms with E-state index < -0.39 is 0 Å². The molecule has 0 aliphatic heterocycles. The van der Waals surface area contributed by atoms with Gasteiger partial charge in [0.1, 0.15) is 11.5 Å². The molecule has 0 fully saturated rings.